The molecule has 7 nitrogen and oxygen atoms in total. The van der Waals surface area contributed by atoms with Gasteiger partial charge >= 0.3 is 5.97 Å². The van der Waals surface area contributed by atoms with Gasteiger partial charge in [0.2, 0.25) is 0 Å². The van der Waals surface area contributed by atoms with Crippen LogP contribution in [0.3, 0.4) is 0 Å². The van der Waals surface area contributed by atoms with Crippen molar-refractivity contribution in [2.24, 2.45) is 5.10 Å². The van der Waals surface area contributed by atoms with Gasteiger partial charge in [-0.2, -0.15) is 5.10 Å². The fourth-order valence-electron chi connectivity index (χ4n) is 2.92. The molecule has 1 amide bonds. The van der Waals surface area contributed by atoms with Crippen LogP contribution in [-0.2, 0) is 20.9 Å². The Morgan fingerprint density at radius 2 is 1.90 bits per heavy atom. The van der Waals surface area contributed by atoms with E-state index in [1.165, 1.54) is 0 Å². The number of para-hydroxylation sites is 1. The topological polar surface area (TPSA) is 84.7 Å². The van der Waals surface area contributed by atoms with Gasteiger partial charge in [0.05, 0.1) is 19.4 Å². The predicted octanol–water partition coefficient (Wildman–Crippen LogP) is 3.08. The third-order valence-electron chi connectivity index (χ3n) is 4.32. The molecule has 0 aliphatic heterocycles. The van der Waals surface area contributed by atoms with Gasteiger partial charge in [-0.05, 0) is 32.0 Å². The largest absolute Gasteiger partial charge is 0.465 e. The van der Waals surface area contributed by atoms with Crippen LogP contribution in [0, 0.1) is 6.92 Å². The number of hydrogen-bond donors (Lipinski definition) is 2. The van der Waals surface area contributed by atoms with Crippen molar-refractivity contribution in [3.8, 4) is 0 Å². The number of carbonyl (C=O) groups excluding carboxylic acids is 2. The van der Waals surface area contributed by atoms with E-state index in [4.69, 9.17) is 4.74 Å². The molecule has 0 unspecified atom stereocenters. The fourth-order valence-corrected chi connectivity index (χ4v) is 2.92. The Morgan fingerprint density at radius 1 is 1.14 bits per heavy atom. The summed E-state index contributed by atoms with van der Waals surface area (Å²) in [6.45, 7) is 4.37. The lowest BCUT2D eigenvalue weighted by molar-refractivity contribution is -0.143. The van der Waals surface area contributed by atoms with E-state index in [9.17, 15) is 9.59 Å². The van der Waals surface area contributed by atoms with Gasteiger partial charge in [0.1, 0.15) is 6.54 Å². The molecule has 0 aliphatic carbocycles. The minimum absolute atomic E-state index is 0.116. The highest BCUT2D eigenvalue weighted by Gasteiger charge is 2.10. The quantitative estimate of drug-likeness (QED) is 0.351. The molecule has 0 fully saturated rings. The minimum atomic E-state index is -0.299. The number of rotatable bonds is 8. The van der Waals surface area contributed by atoms with Crippen LogP contribution < -0.4 is 10.7 Å². The molecule has 150 valence electrons. The van der Waals surface area contributed by atoms with Crippen molar-refractivity contribution >= 4 is 34.7 Å². The first-order valence-corrected chi connectivity index (χ1v) is 9.42. The molecule has 1 aromatic heterocycles. The average Bonchev–Trinajstić information content (AvgIpc) is 3.05. The Kier molecular flexibility index (Phi) is 6.63. The van der Waals surface area contributed by atoms with Crippen molar-refractivity contribution in [1.82, 2.24) is 9.99 Å². The van der Waals surface area contributed by atoms with Gasteiger partial charge in [-0.3, -0.25) is 9.59 Å². The molecule has 2 N–H and O–H groups in total. The summed E-state index contributed by atoms with van der Waals surface area (Å²) in [5, 5.41) is 8.04. The van der Waals surface area contributed by atoms with Gasteiger partial charge in [0.15, 0.2) is 0 Å². The van der Waals surface area contributed by atoms with Crippen molar-refractivity contribution in [2.75, 3.05) is 18.5 Å². The highest BCUT2D eigenvalue weighted by atomic mass is 16.5. The number of hydrazone groups is 1. The zero-order valence-electron chi connectivity index (χ0n) is 16.5. The first-order chi connectivity index (χ1) is 14.1. The summed E-state index contributed by atoms with van der Waals surface area (Å²) in [5.74, 6) is -0.552. The summed E-state index contributed by atoms with van der Waals surface area (Å²) in [4.78, 5) is 23.8. The number of ether oxygens (including phenoxy) is 1. The number of aryl methyl sites for hydroxylation is 1. The van der Waals surface area contributed by atoms with E-state index in [1.807, 2.05) is 66.2 Å². The Balaban J connectivity index is 1.63. The van der Waals surface area contributed by atoms with Crippen LogP contribution in [0.5, 0.6) is 0 Å². The maximum absolute atomic E-state index is 12.0. The van der Waals surface area contributed by atoms with Crippen LogP contribution in [0.1, 0.15) is 18.1 Å². The SMILES string of the molecule is CCOC(=O)Cn1cc(/C=N\NC(=O)CNc2ccc(C)cc2)c2ccccc21. The Hall–Kier alpha value is -3.61. The minimum Gasteiger partial charge on any atom is -0.465 e. The Bertz CT molecular complexity index is 1020. The summed E-state index contributed by atoms with van der Waals surface area (Å²) in [5.41, 5.74) is 6.25. The highest BCUT2D eigenvalue weighted by molar-refractivity contribution is 6.00. The first kappa shape index (κ1) is 20.1. The zero-order chi connectivity index (χ0) is 20.6. The number of anilines is 1. The van der Waals surface area contributed by atoms with Crippen molar-refractivity contribution in [2.45, 2.75) is 20.4 Å². The molecule has 0 atom stereocenters. The number of benzene rings is 2. The molecule has 3 aromatic rings. The monoisotopic (exact) mass is 392 g/mol. The second-order valence-corrected chi connectivity index (χ2v) is 6.55. The molecule has 0 aliphatic rings. The van der Waals surface area contributed by atoms with E-state index in [2.05, 4.69) is 15.8 Å². The summed E-state index contributed by atoms with van der Waals surface area (Å²) < 4.78 is 6.84. The second-order valence-electron chi connectivity index (χ2n) is 6.55. The van der Waals surface area contributed by atoms with Gasteiger partial charge in [-0.25, -0.2) is 5.43 Å². The average molecular weight is 392 g/mol. The molecule has 7 heteroatoms. The smallest absolute Gasteiger partial charge is 0.325 e. The van der Waals surface area contributed by atoms with E-state index in [0.717, 1.165) is 27.7 Å². The maximum atomic E-state index is 12.0. The summed E-state index contributed by atoms with van der Waals surface area (Å²) in [6.07, 6.45) is 3.40. The molecular formula is C22H24N4O3. The summed E-state index contributed by atoms with van der Waals surface area (Å²) >= 11 is 0. The molecule has 0 spiro atoms. The molecule has 0 radical (unpaired) electrons. The zero-order valence-corrected chi connectivity index (χ0v) is 16.5. The predicted molar refractivity (Wildman–Crippen MR) is 114 cm³/mol. The number of amides is 1. The molecule has 1 heterocycles. The summed E-state index contributed by atoms with van der Waals surface area (Å²) in [6, 6.07) is 15.5. The van der Waals surface area contributed by atoms with Crippen molar-refractivity contribution in [3.05, 3.63) is 65.9 Å². The van der Waals surface area contributed by atoms with Crippen LogP contribution in [0.25, 0.3) is 10.9 Å². The van der Waals surface area contributed by atoms with Gasteiger partial charge in [-0.15, -0.1) is 0 Å². The standard InChI is InChI=1S/C22H24N4O3/c1-3-29-22(28)15-26-14-17(19-6-4-5-7-20(19)26)12-24-25-21(27)13-23-18-10-8-16(2)9-11-18/h4-12,14,23H,3,13,15H2,1-2H3,(H,25,27)/b24-12-. The summed E-state index contributed by atoms with van der Waals surface area (Å²) in [7, 11) is 0. The van der Waals surface area contributed by atoms with E-state index in [0.29, 0.717) is 6.61 Å². The number of fused-ring (bicyclic) bond motifs is 1. The first-order valence-electron chi connectivity index (χ1n) is 9.42. The van der Waals surface area contributed by atoms with E-state index < -0.39 is 0 Å². The van der Waals surface area contributed by atoms with Gasteiger partial charge in [0.25, 0.3) is 5.91 Å². The second kappa shape index (κ2) is 9.54. The Labute approximate surface area is 169 Å². The highest BCUT2D eigenvalue weighted by Crippen LogP contribution is 2.20. The van der Waals surface area contributed by atoms with Crippen LogP contribution in [0.4, 0.5) is 5.69 Å². The third kappa shape index (κ3) is 5.44. The number of esters is 1. The lowest BCUT2D eigenvalue weighted by Crippen LogP contribution is -2.25. The maximum Gasteiger partial charge on any atom is 0.325 e. The van der Waals surface area contributed by atoms with E-state index in [1.54, 1.807) is 13.1 Å². The van der Waals surface area contributed by atoms with Gasteiger partial charge < -0.3 is 14.6 Å². The van der Waals surface area contributed by atoms with Crippen molar-refractivity contribution in [3.63, 3.8) is 0 Å². The van der Waals surface area contributed by atoms with Gasteiger partial charge in [0, 0.05) is 28.4 Å². The Morgan fingerprint density at radius 3 is 2.66 bits per heavy atom. The fraction of sp³-hybridized carbons (Fsp3) is 0.227. The van der Waals surface area contributed by atoms with Crippen LogP contribution in [-0.4, -0.2) is 35.8 Å². The molecule has 0 saturated heterocycles. The number of nitrogens with one attached hydrogen (secondary N) is 2. The van der Waals surface area contributed by atoms with Crippen LogP contribution in [0.15, 0.2) is 59.8 Å². The molecule has 0 saturated carbocycles. The number of hydrogen-bond acceptors (Lipinski definition) is 5. The normalized spacial score (nSPS) is 11.0. The molecular weight excluding hydrogens is 368 g/mol. The van der Waals surface area contributed by atoms with Gasteiger partial charge in [-0.1, -0.05) is 35.9 Å². The third-order valence-corrected chi connectivity index (χ3v) is 4.32. The van der Waals surface area contributed by atoms with E-state index in [-0.39, 0.29) is 25.0 Å². The van der Waals surface area contributed by atoms with E-state index >= 15 is 0 Å². The van der Waals surface area contributed by atoms with Crippen molar-refractivity contribution < 1.29 is 14.3 Å². The van der Waals surface area contributed by atoms with Crippen LogP contribution >= 0.6 is 0 Å². The van der Waals surface area contributed by atoms with Crippen LogP contribution in [0.2, 0.25) is 0 Å². The molecule has 29 heavy (non-hydrogen) atoms. The molecule has 2 aromatic carbocycles. The number of aromatic nitrogens is 1. The van der Waals surface area contributed by atoms with Crippen molar-refractivity contribution in [1.29, 1.82) is 0 Å². The lowest BCUT2D eigenvalue weighted by atomic mass is 10.2. The number of carbonyl (C=O) groups is 2. The number of nitrogens with zero attached hydrogens (tertiary/aromatic N) is 2. The molecule has 3 rings (SSSR count). The lowest BCUT2D eigenvalue weighted by Gasteiger charge is -2.05. The molecule has 0 bridgehead atoms.